The molecule has 4 aliphatic rings. The van der Waals surface area contributed by atoms with Crippen LogP contribution in [0.25, 0.3) is 0 Å². The van der Waals surface area contributed by atoms with Gasteiger partial charge < -0.3 is 48.9 Å². The maximum Gasteiger partial charge on any atom is 0.328 e. The maximum atomic E-state index is 14.0. The molecule has 16 nitrogen and oxygen atoms in total. The predicted molar refractivity (Wildman–Crippen MR) is 445 cm³/mol. The Hall–Kier alpha value is -4.52. The van der Waals surface area contributed by atoms with Crippen LogP contribution in [0, 0.1) is 88.9 Å². The molecule has 614 valence electrons. The van der Waals surface area contributed by atoms with E-state index in [4.69, 9.17) is 28.4 Å². The van der Waals surface area contributed by atoms with Crippen molar-refractivity contribution < 1.29 is 57.2 Å². The Balaban J connectivity index is 1.02. The van der Waals surface area contributed by atoms with Gasteiger partial charge in [-0.25, -0.2) is 9.59 Å². The maximum absolute atomic E-state index is 14.0. The second kappa shape index (κ2) is 47.2. The highest BCUT2D eigenvalue weighted by Gasteiger charge is 2.38. The van der Waals surface area contributed by atoms with Crippen molar-refractivity contribution in [3.05, 3.63) is 44.5 Å². The second-order valence-electron chi connectivity index (χ2n) is 35.3. The summed E-state index contributed by atoms with van der Waals surface area (Å²) in [5.74, 6) is 4.96. The number of rotatable bonds is 49. The average Bonchev–Trinajstić information content (AvgIpc) is 0.765. The number of likely N-dealkylation sites (tertiary alicyclic amines) is 2. The molecule has 4 heterocycles. The summed E-state index contributed by atoms with van der Waals surface area (Å²) < 4.78 is 37.8. The minimum atomic E-state index is -1.03. The predicted octanol–water partition coefficient (Wildman–Crippen LogP) is 20.3. The van der Waals surface area contributed by atoms with Crippen molar-refractivity contribution in [1.29, 1.82) is 0 Å². The van der Waals surface area contributed by atoms with Crippen LogP contribution in [-0.2, 0) is 51.1 Å². The smallest absolute Gasteiger partial charge is 0.328 e. The molecule has 6 rings (SSSR count). The quantitative estimate of drug-likeness (QED) is 0.0209. The van der Waals surface area contributed by atoms with Crippen molar-refractivity contribution in [2.45, 2.75) is 353 Å². The minimum Gasteiger partial charge on any atom is -0.487 e. The lowest BCUT2D eigenvalue weighted by Crippen LogP contribution is -2.43. The van der Waals surface area contributed by atoms with Crippen molar-refractivity contribution in [2.75, 3.05) is 64.0 Å². The van der Waals surface area contributed by atoms with E-state index in [1.165, 1.54) is 111 Å². The lowest BCUT2D eigenvalue weighted by molar-refractivity contribution is -0.149. The highest BCUT2D eigenvalue weighted by molar-refractivity contribution is 8.76. The van der Waals surface area contributed by atoms with E-state index in [0.717, 1.165) is 209 Å². The summed E-state index contributed by atoms with van der Waals surface area (Å²) in [6.45, 7) is 46.0. The second-order valence-corrected chi connectivity index (χ2v) is 38.0. The zero-order chi connectivity index (χ0) is 79.1. The van der Waals surface area contributed by atoms with Crippen molar-refractivity contribution in [2.24, 2.45) is 47.3 Å². The van der Waals surface area contributed by atoms with E-state index < -0.39 is 60.6 Å². The molecule has 2 aromatic carbocycles. The molecule has 0 radical (unpaired) electrons. The average molecular weight is 1540 g/mol. The molecular formula is C90H150N4O12S2. The fourth-order valence-electron chi connectivity index (χ4n) is 16.9. The van der Waals surface area contributed by atoms with Gasteiger partial charge in [-0.05, 0) is 278 Å². The minimum absolute atomic E-state index is 0.208. The molecule has 4 aliphatic heterocycles. The number of nitrogens with one attached hydrogen (secondary N) is 2. The monoisotopic (exact) mass is 1540 g/mol. The molecule has 2 amide bonds. The fraction of sp³-hybridized carbons (Fsp3) is 0.800. The normalized spacial score (nSPS) is 19.6. The van der Waals surface area contributed by atoms with E-state index in [-0.39, 0.29) is 37.3 Å². The third-order valence-electron chi connectivity index (χ3n) is 24.9. The Morgan fingerprint density at radius 2 is 0.778 bits per heavy atom. The van der Waals surface area contributed by atoms with Crippen LogP contribution in [0.2, 0.25) is 0 Å². The molecular weight excluding hydrogens is 1390 g/mol. The summed E-state index contributed by atoms with van der Waals surface area (Å²) >= 11 is 0. The van der Waals surface area contributed by atoms with Crippen molar-refractivity contribution >= 4 is 57.3 Å². The van der Waals surface area contributed by atoms with Gasteiger partial charge in [0.1, 0.15) is 59.1 Å². The number of benzene rings is 2. The molecule has 2 N–H and O–H groups in total. The number of fused-ring (bicyclic) bond motifs is 2. The Morgan fingerprint density at radius 1 is 0.454 bits per heavy atom. The molecule has 0 spiro atoms. The van der Waals surface area contributed by atoms with Gasteiger partial charge in [-0.3, -0.25) is 19.2 Å². The summed E-state index contributed by atoms with van der Waals surface area (Å²) in [7, 11) is 2.92. The first-order valence-electron chi connectivity index (χ1n) is 43.1. The van der Waals surface area contributed by atoms with Crippen molar-refractivity contribution in [3.8, 4) is 23.0 Å². The van der Waals surface area contributed by atoms with Gasteiger partial charge in [-0.15, -0.1) is 0 Å². The molecule has 0 bridgehead atoms. The number of amides is 2. The number of hydrogen-bond donors (Lipinski definition) is 2. The van der Waals surface area contributed by atoms with E-state index in [2.05, 4.69) is 104 Å². The molecule has 2 aromatic rings. The van der Waals surface area contributed by atoms with Gasteiger partial charge in [-0.2, -0.15) is 0 Å². The Bertz CT molecular complexity index is 2920. The molecule has 2 fully saturated rings. The van der Waals surface area contributed by atoms with Crippen LogP contribution in [0.1, 0.15) is 320 Å². The van der Waals surface area contributed by atoms with Crippen LogP contribution in [0.5, 0.6) is 23.0 Å². The van der Waals surface area contributed by atoms with Gasteiger partial charge in [0.25, 0.3) is 0 Å². The molecule has 18 heteroatoms. The van der Waals surface area contributed by atoms with Crippen LogP contribution in [0.3, 0.4) is 0 Å². The van der Waals surface area contributed by atoms with Crippen molar-refractivity contribution in [1.82, 2.24) is 20.4 Å². The third kappa shape index (κ3) is 31.5. The highest BCUT2D eigenvalue weighted by Crippen LogP contribution is 2.47. The molecule has 8 atom stereocenters. The standard InChI is InChI=1S/C90H150N4O12S2/c1-19-93-51-39-73(40-52-93)43-55-101-87(99)77(91-79(95)59-81(97)103-83-67(11)69(13)85-75(71(83)15)37-49-89(17,105-85)47-25-35-65(9)33-23-31-63(7)29-21-27-61(3)4)45-57-107-108-58-46-78(88(100)102-56-44-74-41-53-94(20-2)54-42-74)92-80(96)60-82(98)104-84-68(12)70(14)86-76(72(84)16)38-50-90(18,106-86)48-26-36-66(10)34-24-32-64(8)30-22-28-62(5)6/h61-66,73-74,77-78H,19-60H2,1-18H3,(H,91,95)(H,92,96). The van der Waals surface area contributed by atoms with Gasteiger partial charge in [0, 0.05) is 22.6 Å². The Morgan fingerprint density at radius 3 is 1.10 bits per heavy atom. The summed E-state index contributed by atoms with van der Waals surface area (Å²) in [6.07, 6.45) is 30.4. The first kappa shape index (κ1) is 92.3. The van der Waals surface area contributed by atoms with Gasteiger partial charge >= 0.3 is 23.9 Å². The summed E-state index contributed by atoms with van der Waals surface area (Å²) in [4.78, 5) is 88.2. The van der Waals surface area contributed by atoms with E-state index in [1.807, 2.05) is 41.5 Å². The van der Waals surface area contributed by atoms with Crippen LogP contribution in [0.4, 0.5) is 0 Å². The first-order chi connectivity index (χ1) is 51.4. The summed E-state index contributed by atoms with van der Waals surface area (Å²) in [6, 6.07) is -2.07. The number of piperidine rings is 2. The van der Waals surface area contributed by atoms with Crippen molar-refractivity contribution in [3.63, 3.8) is 0 Å². The lowest BCUT2D eigenvalue weighted by atomic mass is 9.83. The topological polar surface area (TPSA) is 188 Å². The van der Waals surface area contributed by atoms with Crippen LogP contribution in [-0.4, -0.2) is 133 Å². The molecule has 108 heavy (non-hydrogen) atoms. The summed E-state index contributed by atoms with van der Waals surface area (Å²) in [5.41, 5.74) is 6.57. The van der Waals surface area contributed by atoms with Gasteiger partial charge in [0.2, 0.25) is 11.8 Å². The number of hydrogen-bond acceptors (Lipinski definition) is 16. The Kier molecular flexibility index (Phi) is 40.4. The zero-order valence-corrected chi connectivity index (χ0v) is 72.7. The van der Waals surface area contributed by atoms with Gasteiger partial charge in [0.15, 0.2) is 0 Å². The fourth-order valence-corrected chi connectivity index (χ4v) is 19.0. The molecule has 0 saturated carbocycles. The van der Waals surface area contributed by atoms with Gasteiger partial charge in [0.05, 0.1) is 13.2 Å². The van der Waals surface area contributed by atoms with Gasteiger partial charge in [-0.1, -0.05) is 181 Å². The number of carbonyl (C=O) groups is 6. The number of esters is 4. The lowest BCUT2D eigenvalue weighted by Gasteiger charge is -2.38. The molecule has 0 aromatic heterocycles. The van der Waals surface area contributed by atoms with Crippen LogP contribution in [0.15, 0.2) is 0 Å². The summed E-state index contributed by atoms with van der Waals surface area (Å²) in [5, 5.41) is 5.67. The Labute approximate surface area is 663 Å². The SMILES string of the molecule is CCN1CCC(CCOC(=O)C(CCSSCCC(NC(=O)CC(=O)Oc2c(C)c(C)c3c(c2C)CCC(C)(CCCC(C)CCCC(C)CCCC(C)C)O3)C(=O)OCCC2CCN(CC)CC2)NC(=O)CC(=O)Oc2c(C)c(C)c3c(c2C)CCC(C)(CCCC(C)CCCC(C)CCCC(C)C)O3)CC1. The van der Waals surface area contributed by atoms with Crippen LogP contribution >= 0.6 is 21.6 Å². The van der Waals surface area contributed by atoms with Crippen LogP contribution < -0.4 is 29.6 Å². The van der Waals surface area contributed by atoms with E-state index >= 15 is 0 Å². The third-order valence-corrected chi connectivity index (χ3v) is 27.3. The molecule has 0 aliphatic carbocycles. The molecule has 8 unspecified atom stereocenters. The number of nitrogens with zero attached hydrogens (tertiary/aromatic N) is 2. The number of carbonyl (C=O) groups excluding carboxylic acids is 6. The molecule has 2 saturated heterocycles. The van der Waals surface area contributed by atoms with E-state index in [1.54, 1.807) is 0 Å². The van der Waals surface area contributed by atoms with E-state index in [0.29, 0.717) is 46.7 Å². The number of ether oxygens (including phenoxy) is 6. The zero-order valence-electron chi connectivity index (χ0n) is 71.1. The first-order valence-corrected chi connectivity index (χ1v) is 45.5. The van der Waals surface area contributed by atoms with E-state index in [9.17, 15) is 28.8 Å². The largest absolute Gasteiger partial charge is 0.487 e. The highest BCUT2D eigenvalue weighted by atomic mass is 33.1.